The molecule has 26 heavy (non-hydrogen) atoms. The molecule has 0 fully saturated rings. The van der Waals surface area contributed by atoms with Gasteiger partial charge in [0, 0.05) is 17.0 Å². The Hall–Kier alpha value is -3.22. The van der Waals surface area contributed by atoms with Crippen molar-refractivity contribution in [1.29, 1.82) is 0 Å². The first kappa shape index (κ1) is 17.6. The molecule has 5 nitrogen and oxygen atoms in total. The SMILES string of the molecule is Cc1c(C(=O)O[C@@H](C)C(=O)Nc2cc(F)ccc2F)oc2ccccc12. The normalized spacial score (nSPS) is 12.0. The van der Waals surface area contributed by atoms with E-state index in [1.165, 1.54) is 6.92 Å². The summed E-state index contributed by atoms with van der Waals surface area (Å²) >= 11 is 0. The molecular formula is C19H15F2NO4. The van der Waals surface area contributed by atoms with Gasteiger partial charge in [0.05, 0.1) is 5.69 Å². The van der Waals surface area contributed by atoms with Crippen LogP contribution in [0, 0.1) is 18.6 Å². The van der Waals surface area contributed by atoms with Gasteiger partial charge in [0.1, 0.15) is 17.2 Å². The number of carbonyl (C=O) groups excluding carboxylic acids is 2. The predicted octanol–water partition coefficient (Wildman–Crippen LogP) is 4.20. The maximum absolute atomic E-state index is 13.6. The number of para-hydroxylation sites is 1. The third-order valence-corrected chi connectivity index (χ3v) is 3.87. The molecule has 0 saturated carbocycles. The van der Waals surface area contributed by atoms with Crippen molar-refractivity contribution in [2.75, 3.05) is 5.32 Å². The van der Waals surface area contributed by atoms with E-state index in [1.807, 2.05) is 6.07 Å². The van der Waals surface area contributed by atoms with E-state index in [4.69, 9.17) is 9.15 Å². The molecular weight excluding hydrogens is 344 g/mol. The van der Waals surface area contributed by atoms with Crippen molar-refractivity contribution in [3.8, 4) is 0 Å². The highest BCUT2D eigenvalue weighted by molar-refractivity contribution is 5.99. The number of halogens is 2. The molecule has 1 heterocycles. The number of amides is 1. The zero-order chi connectivity index (χ0) is 18.8. The van der Waals surface area contributed by atoms with Gasteiger partial charge in [-0.05, 0) is 32.0 Å². The van der Waals surface area contributed by atoms with Gasteiger partial charge in [-0.3, -0.25) is 4.79 Å². The molecule has 134 valence electrons. The zero-order valence-electron chi connectivity index (χ0n) is 14.0. The van der Waals surface area contributed by atoms with Crippen LogP contribution < -0.4 is 5.32 Å². The maximum atomic E-state index is 13.6. The molecule has 3 rings (SSSR count). The number of hydrogen-bond acceptors (Lipinski definition) is 4. The number of carbonyl (C=O) groups is 2. The second-order valence-electron chi connectivity index (χ2n) is 5.71. The van der Waals surface area contributed by atoms with E-state index in [9.17, 15) is 18.4 Å². The van der Waals surface area contributed by atoms with E-state index in [1.54, 1.807) is 25.1 Å². The number of esters is 1. The maximum Gasteiger partial charge on any atom is 0.375 e. The van der Waals surface area contributed by atoms with Gasteiger partial charge in [-0.2, -0.15) is 0 Å². The van der Waals surface area contributed by atoms with Gasteiger partial charge in [-0.25, -0.2) is 13.6 Å². The van der Waals surface area contributed by atoms with Crippen molar-refractivity contribution in [3.63, 3.8) is 0 Å². The third-order valence-electron chi connectivity index (χ3n) is 3.87. The summed E-state index contributed by atoms with van der Waals surface area (Å²) in [6.07, 6.45) is -1.24. The fraction of sp³-hybridized carbons (Fsp3) is 0.158. The second kappa shape index (κ2) is 6.95. The molecule has 0 aliphatic heterocycles. The van der Waals surface area contributed by atoms with Crippen LogP contribution in [0.25, 0.3) is 11.0 Å². The van der Waals surface area contributed by atoms with Crippen LogP contribution in [-0.4, -0.2) is 18.0 Å². The number of benzene rings is 2. The topological polar surface area (TPSA) is 68.5 Å². The number of hydrogen-bond donors (Lipinski definition) is 1. The average molecular weight is 359 g/mol. The first-order chi connectivity index (χ1) is 12.4. The number of furan rings is 1. The molecule has 3 aromatic rings. The second-order valence-corrected chi connectivity index (χ2v) is 5.71. The summed E-state index contributed by atoms with van der Waals surface area (Å²) in [5.41, 5.74) is 0.781. The lowest BCUT2D eigenvalue weighted by molar-refractivity contribution is -0.123. The van der Waals surface area contributed by atoms with Gasteiger partial charge in [0.15, 0.2) is 6.10 Å². The van der Waals surface area contributed by atoms with Crippen molar-refractivity contribution in [1.82, 2.24) is 0 Å². The number of rotatable bonds is 4. The molecule has 0 bridgehead atoms. The zero-order valence-corrected chi connectivity index (χ0v) is 14.0. The summed E-state index contributed by atoms with van der Waals surface area (Å²) < 4.78 is 37.3. The Labute approximate surface area is 147 Å². The van der Waals surface area contributed by atoms with Gasteiger partial charge < -0.3 is 14.5 Å². The van der Waals surface area contributed by atoms with Crippen LogP contribution in [0.1, 0.15) is 23.0 Å². The lowest BCUT2D eigenvalue weighted by Crippen LogP contribution is -2.30. The molecule has 0 unspecified atom stereocenters. The van der Waals surface area contributed by atoms with E-state index < -0.39 is 29.6 Å². The van der Waals surface area contributed by atoms with Gasteiger partial charge in [0.25, 0.3) is 5.91 Å². The Kier molecular flexibility index (Phi) is 4.71. The van der Waals surface area contributed by atoms with Gasteiger partial charge >= 0.3 is 5.97 Å². The van der Waals surface area contributed by atoms with E-state index in [-0.39, 0.29) is 11.4 Å². The van der Waals surface area contributed by atoms with E-state index >= 15 is 0 Å². The minimum Gasteiger partial charge on any atom is -0.449 e. The van der Waals surface area contributed by atoms with Gasteiger partial charge in [0.2, 0.25) is 5.76 Å². The van der Waals surface area contributed by atoms with Gasteiger partial charge in [-0.15, -0.1) is 0 Å². The predicted molar refractivity (Wildman–Crippen MR) is 90.8 cm³/mol. The fourth-order valence-corrected chi connectivity index (χ4v) is 2.46. The Morgan fingerprint density at radius 1 is 1.15 bits per heavy atom. The highest BCUT2D eigenvalue weighted by Crippen LogP contribution is 2.25. The average Bonchev–Trinajstić information content (AvgIpc) is 2.95. The van der Waals surface area contributed by atoms with Crippen molar-refractivity contribution in [2.24, 2.45) is 0 Å². The summed E-state index contributed by atoms with van der Waals surface area (Å²) in [4.78, 5) is 24.4. The van der Waals surface area contributed by atoms with Crippen molar-refractivity contribution in [2.45, 2.75) is 20.0 Å². The summed E-state index contributed by atoms with van der Waals surface area (Å²) in [6.45, 7) is 3.03. The van der Waals surface area contributed by atoms with Crippen LogP contribution >= 0.6 is 0 Å². The first-order valence-corrected chi connectivity index (χ1v) is 7.82. The summed E-state index contributed by atoms with van der Waals surface area (Å²) in [7, 11) is 0. The van der Waals surface area contributed by atoms with E-state index in [0.29, 0.717) is 11.1 Å². The Bertz CT molecular complexity index is 996. The number of aryl methyl sites for hydroxylation is 1. The lowest BCUT2D eigenvalue weighted by atomic mass is 10.1. The standard InChI is InChI=1S/C19H15F2NO4/c1-10-13-5-3-4-6-16(13)26-17(10)19(24)25-11(2)18(23)22-15-9-12(20)7-8-14(15)21/h3-9,11H,1-2H3,(H,22,23)/t11-/m0/s1. The molecule has 0 radical (unpaired) electrons. The minimum atomic E-state index is -1.24. The number of ether oxygens (including phenoxy) is 1. The molecule has 1 N–H and O–H groups in total. The molecule has 1 aromatic heterocycles. The summed E-state index contributed by atoms with van der Waals surface area (Å²) in [5, 5.41) is 2.95. The summed E-state index contributed by atoms with van der Waals surface area (Å²) in [6, 6.07) is 9.74. The Morgan fingerprint density at radius 3 is 2.62 bits per heavy atom. The van der Waals surface area contributed by atoms with Crippen LogP contribution in [0.3, 0.4) is 0 Å². The van der Waals surface area contributed by atoms with E-state index in [2.05, 4.69) is 5.32 Å². The largest absolute Gasteiger partial charge is 0.449 e. The molecule has 0 aliphatic carbocycles. The molecule has 0 spiro atoms. The summed E-state index contributed by atoms with van der Waals surface area (Å²) in [5.74, 6) is -3.13. The number of nitrogens with one attached hydrogen (secondary N) is 1. The van der Waals surface area contributed by atoms with Crippen LogP contribution in [0.4, 0.5) is 14.5 Å². The quantitative estimate of drug-likeness (QED) is 0.709. The van der Waals surface area contributed by atoms with Crippen LogP contribution in [0.5, 0.6) is 0 Å². The molecule has 2 aromatic carbocycles. The smallest absolute Gasteiger partial charge is 0.375 e. The number of anilines is 1. The lowest BCUT2D eigenvalue weighted by Gasteiger charge is -2.13. The molecule has 1 atom stereocenters. The third kappa shape index (κ3) is 3.42. The monoisotopic (exact) mass is 359 g/mol. The molecule has 0 aliphatic rings. The fourth-order valence-electron chi connectivity index (χ4n) is 2.46. The Balaban J connectivity index is 1.73. The molecule has 7 heteroatoms. The van der Waals surface area contributed by atoms with Crippen LogP contribution in [-0.2, 0) is 9.53 Å². The first-order valence-electron chi connectivity index (χ1n) is 7.82. The highest BCUT2D eigenvalue weighted by atomic mass is 19.1. The minimum absolute atomic E-state index is 0.0113. The van der Waals surface area contributed by atoms with Crippen molar-refractivity contribution in [3.05, 3.63) is 65.4 Å². The molecule has 1 amide bonds. The van der Waals surface area contributed by atoms with Crippen molar-refractivity contribution >= 4 is 28.5 Å². The number of fused-ring (bicyclic) bond motifs is 1. The van der Waals surface area contributed by atoms with Crippen LogP contribution in [0.2, 0.25) is 0 Å². The van der Waals surface area contributed by atoms with Crippen molar-refractivity contribution < 1.29 is 27.5 Å². The highest BCUT2D eigenvalue weighted by Gasteiger charge is 2.24. The van der Waals surface area contributed by atoms with E-state index in [0.717, 1.165) is 23.6 Å². The van der Waals surface area contributed by atoms with Crippen LogP contribution in [0.15, 0.2) is 46.9 Å². The van der Waals surface area contributed by atoms with Gasteiger partial charge in [-0.1, -0.05) is 18.2 Å². The molecule has 0 saturated heterocycles. The Morgan fingerprint density at radius 2 is 1.88 bits per heavy atom.